The van der Waals surface area contributed by atoms with Crippen LogP contribution in [0.5, 0.6) is 0 Å². The number of hydrogen-bond acceptors (Lipinski definition) is 5. The molecule has 6 heteroatoms. The van der Waals surface area contributed by atoms with Gasteiger partial charge in [0, 0.05) is 43.5 Å². The molecule has 0 atom stereocenters. The van der Waals surface area contributed by atoms with Gasteiger partial charge in [0.1, 0.15) is 5.82 Å². The topological polar surface area (TPSA) is 58.1 Å². The molecule has 5 nitrogen and oxygen atoms in total. The highest BCUT2D eigenvalue weighted by Gasteiger charge is 2.17. The van der Waals surface area contributed by atoms with Gasteiger partial charge in [-0.2, -0.15) is 4.37 Å². The van der Waals surface area contributed by atoms with Crippen molar-refractivity contribution in [1.82, 2.24) is 14.7 Å². The lowest BCUT2D eigenvalue weighted by molar-refractivity contribution is -0.120. The summed E-state index contributed by atoms with van der Waals surface area (Å²) in [5.74, 6) is 0.945. The van der Waals surface area contributed by atoms with Gasteiger partial charge in [0.05, 0.1) is 0 Å². The number of amides is 1. The first-order chi connectivity index (χ1) is 12.5. The molecule has 1 amide bonds. The van der Waals surface area contributed by atoms with E-state index in [4.69, 9.17) is 4.98 Å². The second-order valence-electron chi connectivity index (χ2n) is 6.90. The fraction of sp³-hybridized carbons (Fsp3) is 0.550. The van der Waals surface area contributed by atoms with Crippen LogP contribution in [0.15, 0.2) is 24.3 Å². The SMILES string of the molecule is CCCCNC(=O)CCN(c1nc(Cc2ccc(C)cc2)ns1)C(C)C. The summed E-state index contributed by atoms with van der Waals surface area (Å²) in [6.07, 6.45) is 3.33. The molecule has 142 valence electrons. The van der Waals surface area contributed by atoms with Gasteiger partial charge in [0.25, 0.3) is 0 Å². The number of anilines is 1. The standard InChI is InChI=1S/C20H30N4OS/c1-5-6-12-21-19(25)11-13-24(15(2)3)20-22-18(23-26-20)14-17-9-7-16(4)8-10-17/h7-10,15H,5-6,11-14H2,1-4H3,(H,21,25). The fourth-order valence-electron chi connectivity index (χ4n) is 2.61. The number of carbonyl (C=O) groups excluding carboxylic acids is 1. The number of unbranched alkanes of at least 4 members (excludes halogenated alkanes) is 1. The van der Waals surface area contributed by atoms with Gasteiger partial charge in [0.15, 0.2) is 0 Å². The van der Waals surface area contributed by atoms with Gasteiger partial charge in [0.2, 0.25) is 11.0 Å². The minimum Gasteiger partial charge on any atom is -0.356 e. The van der Waals surface area contributed by atoms with Crippen LogP contribution < -0.4 is 10.2 Å². The number of carbonyl (C=O) groups is 1. The molecule has 1 heterocycles. The first-order valence-electron chi connectivity index (χ1n) is 9.41. The van der Waals surface area contributed by atoms with E-state index in [1.165, 1.54) is 22.7 Å². The summed E-state index contributed by atoms with van der Waals surface area (Å²) in [6.45, 7) is 9.87. The summed E-state index contributed by atoms with van der Waals surface area (Å²) in [6, 6.07) is 8.74. The van der Waals surface area contributed by atoms with Crippen LogP contribution in [-0.2, 0) is 11.2 Å². The maximum atomic E-state index is 12.0. The first kappa shape index (κ1) is 20.4. The summed E-state index contributed by atoms with van der Waals surface area (Å²) in [4.78, 5) is 18.8. The molecule has 26 heavy (non-hydrogen) atoms. The highest BCUT2D eigenvalue weighted by atomic mass is 32.1. The largest absolute Gasteiger partial charge is 0.356 e. The third-order valence-corrected chi connectivity index (χ3v) is 5.03. The van der Waals surface area contributed by atoms with Crippen LogP contribution in [0.3, 0.4) is 0 Å². The highest BCUT2D eigenvalue weighted by Crippen LogP contribution is 2.21. The Bertz CT molecular complexity index is 681. The monoisotopic (exact) mass is 374 g/mol. The Labute approximate surface area is 161 Å². The smallest absolute Gasteiger partial charge is 0.221 e. The van der Waals surface area contributed by atoms with E-state index < -0.39 is 0 Å². The van der Waals surface area contributed by atoms with Crippen molar-refractivity contribution in [2.24, 2.45) is 0 Å². The molecule has 0 aliphatic carbocycles. The van der Waals surface area contributed by atoms with E-state index in [0.717, 1.165) is 36.8 Å². The minimum absolute atomic E-state index is 0.105. The Balaban J connectivity index is 1.94. The van der Waals surface area contributed by atoms with Crippen molar-refractivity contribution in [3.05, 3.63) is 41.2 Å². The Morgan fingerprint density at radius 1 is 1.27 bits per heavy atom. The Hall–Kier alpha value is -1.95. The van der Waals surface area contributed by atoms with E-state index in [1.54, 1.807) is 0 Å². The quantitative estimate of drug-likeness (QED) is 0.640. The number of aryl methyl sites for hydroxylation is 1. The predicted molar refractivity (Wildman–Crippen MR) is 109 cm³/mol. The average Bonchev–Trinajstić information content (AvgIpc) is 3.05. The second-order valence-corrected chi connectivity index (χ2v) is 7.63. The second kappa shape index (κ2) is 10.3. The summed E-state index contributed by atoms with van der Waals surface area (Å²) >= 11 is 1.41. The van der Waals surface area contributed by atoms with Crippen LogP contribution in [-0.4, -0.2) is 34.4 Å². The van der Waals surface area contributed by atoms with Crippen molar-refractivity contribution in [3.63, 3.8) is 0 Å². The minimum atomic E-state index is 0.105. The van der Waals surface area contributed by atoms with Crippen molar-refractivity contribution in [2.75, 3.05) is 18.0 Å². The number of aromatic nitrogens is 2. The molecule has 1 aromatic heterocycles. The molecule has 0 aliphatic rings. The van der Waals surface area contributed by atoms with Crippen molar-refractivity contribution in [1.29, 1.82) is 0 Å². The van der Waals surface area contributed by atoms with Crippen LogP contribution in [0.1, 0.15) is 57.0 Å². The zero-order valence-electron chi connectivity index (χ0n) is 16.3. The van der Waals surface area contributed by atoms with E-state index >= 15 is 0 Å². The van der Waals surface area contributed by atoms with Gasteiger partial charge < -0.3 is 10.2 Å². The molecule has 2 rings (SSSR count). The van der Waals surface area contributed by atoms with E-state index in [2.05, 4.69) is 66.6 Å². The third kappa shape index (κ3) is 6.41. The van der Waals surface area contributed by atoms with Crippen LogP contribution in [0.25, 0.3) is 0 Å². The molecular formula is C20H30N4OS. The molecule has 0 bridgehead atoms. The number of hydrogen-bond donors (Lipinski definition) is 1. The molecule has 0 spiro atoms. The van der Waals surface area contributed by atoms with E-state index in [-0.39, 0.29) is 11.9 Å². The molecule has 2 aromatic rings. The lowest BCUT2D eigenvalue weighted by atomic mass is 10.1. The normalized spacial score (nSPS) is 11.0. The van der Waals surface area contributed by atoms with Gasteiger partial charge in [-0.1, -0.05) is 43.2 Å². The fourth-order valence-corrected chi connectivity index (χ4v) is 3.46. The van der Waals surface area contributed by atoms with Gasteiger partial charge in [-0.25, -0.2) is 4.98 Å². The van der Waals surface area contributed by atoms with Gasteiger partial charge in [-0.3, -0.25) is 4.79 Å². The van der Waals surface area contributed by atoms with Crippen LogP contribution >= 0.6 is 11.5 Å². The van der Waals surface area contributed by atoms with E-state index in [9.17, 15) is 4.79 Å². The first-order valence-corrected chi connectivity index (χ1v) is 10.2. The Morgan fingerprint density at radius 2 is 2.00 bits per heavy atom. The average molecular weight is 375 g/mol. The maximum Gasteiger partial charge on any atom is 0.221 e. The maximum absolute atomic E-state index is 12.0. The van der Waals surface area contributed by atoms with Crippen molar-refractivity contribution < 1.29 is 4.79 Å². The van der Waals surface area contributed by atoms with Crippen molar-refractivity contribution in [3.8, 4) is 0 Å². The third-order valence-electron chi connectivity index (χ3n) is 4.24. The van der Waals surface area contributed by atoms with Crippen LogP contribution in [0.4, 0.5) is 5.13 Å². The molecule has 0 unspecified atom stereocenters. The zero-order valence-corrected chi connectivity index (χ0v) is 17.1. The molecule has 0 saturated heterocycles. The van der Waals surface area contributed by atoms with E-state index in [0.29, 0.717) is 13.0 Å². The predicted octanol–water partition coefficient (Wildman–Crippen LogP) is 3.96. The molecule has 0 radical (unpaired) electrons. The van der Waals surface area contributed by atoms with Crippen LogP contribution in [0.2, 0.25) is 0 Å². The van der Waals surface area contributed by atoms with Gasteiger partial charge >= 0.3 is 0 Å². The number of nitrogens with zero attached hydrogens (tertiary/aromatic N) is 3. The summed E-state index contributed by atoms with van der Waals surface area (Å²) in [5, 5.41) is 3.87. The van der Waals surface area contributed by atoms with Crippen LogP contribution in [0, 0.1) is 6.92 Å². The summed E-state index contributed by atoms with van der Waals surface area (Å²) in [5.41, 5.74) is 2.47. The van der Waals surface area contributed by atoms with Crippen molar-refractivity contribution in [2.45, 2.75) is 59.4 Å². The van der Waals surface area contributed by atoms with Gasteiger partial charge in [-0.15, -0.1) is 0 Å². The highest BCUT2D eigenvalue weighted by molar-refractivity contribution is 7.09. The summed E-state index contributed by atoms with van der Waals surface area (Å²) in [7, 11) is 0. The number of nitrogens with one attached hydrogen (secondary N) is 1. The molecular weight excluding hydrogens is 344 g/mol. The lowest BCUT2D eigenvalue weighted by Gasteiger charge is -2.25. The molecule has 0 aliphatic heterocycles. The number of rotatable bonds is 10. The zero-order chi connectivity index (χ0) is 18.9. The molecule has 1 N–H and O–H groups in total. The molecule has 1 aromatic carbocycles. The Kier molecular flexibility index (Phi) is 8.04. The van der Waals surface area contributed by atoms with Crippen molar-refractivity contribution >= 4 is 22.6 Å². The summed E-state index contributed by atoms with van der Waals surface area (Å²) < 4.78 is 4.51. The lowest BCUT2D eigenvalue weighted by Crippen LogP contribution is -2.35. The molecule has 0 saturated carbocycles. The molecule has 0 fully saturated rings. The number of benzene rings is 1. The van der Waals surface area contributed by atoms with E-state index in [1.807, 2.05) is 0 Å². The Morgan fingerprint density at radius 3 is 2.65 bits per heavy atom. The van der Waals surface area contributed by atoms with Gasteiger partial charge in [-0.05, 0) is 32.8 Å².